The van der Waals surface area contributed by atoms with Crippen LogP contribution in [0.4, 0.5) is 0 Å². The van der Waals surface area contributed by atoms with E-state index in [0.29, 0.717) is 22.1 Å². The van der Waals surface area contributed by atoms with Gasteiger partial charge in [-0.1, -0.05) is 61.3 Å². The zero-order valence-electron chi connectivity index (χ0n) is 17.7. The van der Waals surface area contributed by atoms with Gasteiger partial charge in [0.15, 0.2) is 5.78 Å². The van der Waals surface area contributed by atoms with Gasteiger partial charge in [-0.3, -0.25) is 4.79 Å². The van der Waals surface area contributed by atoms with Crippen LogP contribution in [0.15, 0.2) is 46.6 Å². The Morgan fingerprint density at radius 1 is 1.20 bits per heavy atom. The lowest BCUT2D eigenvalue weighted by molar-refractivity contribution is -0.122. The standard InChI is InChI=1S/C25H26BrClO3/c1-5-14-6-8-16(30-20-9-7-15(26)12-19(20)27)13-17(14)21-22(28)18-10-11-25(4,23(21)29)24(18,2)3/h6-9,12-13,18,29H,5,10-11H2,1-4H3/t18-,25-/m1/s1. The molecule has 2 atom stereocenters. The maximum Gasteiger partial charge on any atom is 0.170 e. The number of fused-ring (bicyclic) bond motifs is 2. The van der Waals surface area contributed by atoms with Gasteiger partial charge in [0.1, 0.15) is 17.3 Å². The summed E-state index contributed by atoms with van der Waals surface area (Å²) in [6.07, 6.45) is 2.38. The average molecular weight is 490 g/mol. The van der Waals surface area contributed by atoms with Crippen molar-refractivity contribution in [2.45, 2.75) is 47.0 Å². The van der Waals surface area contributed by atoms with Gasteiger partial charge >= 0.3 is 0 Å². The molecule has 158 valence electrons. The fourth-order valence-corrected chi connectivity index (χ4v) is 5.77. The van der Waals surface area contributed by atoms with Crippen LogP contribution in [0.25, 0.3) is 5.57 Å². The molecular weight excluding hydrogens is 464 g/mol. The van der Waals surface area contributed by atoms with Crippen molar-refractivity contribution in [3.8, 4) is 11.5 Å². The largest absolute Gasteiger partial charge is 0.511 e. The van der Waals surface area contributed by atoms with Crippen molar-refractivity contribution in [1.29, 1.82) is 0 Å². The predicted molar refractivity (Wildman–Crippen MR) is 124 cm³/mol. The van der Waals surface area contributed by atoms with Crippen molar-refractivity contribution < 1.29 is 14.6 Å². The van der Waals surface area contributed by atoms with Crippen LogP contribution in [0, 0.1) is 16.7 Å². The van der Waals surface area contributed by atoms with E-state index in [1.807, 2.05) is 24.3 Å². The van der Waals surface area contributed by atoms with Crippen LogP contribution in [0.1, 0.15) is 51.7 Å². The summed E-state index contributed by atoms with van der Waals surface area (Å²) in [6, 6.07) is 11.1. The van der Waals surface area contributed by atoms with Crippen molar-refractivity contribution in [2.75, 3.05) is 0 Å². The van der Waals surface area contributed by atoms with Gasteiger partial charge in [-0.2, -0.15) is 0 Å². The lowest BCUT2D eigenvalue weighted by Gasteiger charge is -2.45. The number of Topliss-reactive ketones (excluding diaryl/α,β-unsaturated/α-hetero) is 1. The summed E-state index contributed by atoms with van der Waals surface area (Å²) in [5.74, 6) is 1.31. The summed E-state index contributed by atoms with van der Waals surface area (Å²) in [7, 11) is 0. The first-order valence-corrected chi connectivity index (χ1v) is 11.5. The van der Waals surface area contributed by atoms with E-state index in [-0.39, 0.29) is 22.9 Å². The number of benzene rings is 2. The first kappa shape index (κ1) is 21.5. The highest BCUT2D eigenvalue weighted by Crippen LogP contribution is 2.64. The summed E-state index contributed by atoms with van der Waals surface area (Å²) in [5, 5.41) is 11.8. The quantitative estimate of drug-likeness (QED) is 0.477. The number of aliphatic hydroxyl groups is 1. The molecule has 5 heteroatoms. The molecule has 2 aromatic rings. The van der Waals surface area contributed by atoms with Crippen molar-refractivity contribution in [1.82, 2.24) is 0 Å². The van der Waals surface area contributed by atoms with E-state index in [9.17, 15) is 9.90 Å². The molecule has 3 nitrogen and oxygen atoms in total. The summed E-state index contributed by atoms with van der Waals surface area (Å²) < 4.78 is 6.90. The van der Waals surface area contributed by atoms with Crippen LogP contribution in [0.5, 0.6) is 11.5 Å². The molecule has 2 aliphatic rings. The lowest BCUT2D eigenvalue weighted by Crippen LogP contribution is -2.43. The fourth-order valence-electron chi connectivity index (χ4n) is 5.06. The van der Waals surface area contributed by atoms with Gasteiger partial charge < -0.3 is 9.84 Å². The lowest BCUT2D eigenvalue weighted by atomic mass is 9.58. The summed E-state index contributed by atoms with van der Waals surface area (Å²) in [4.78, 5) is 13.5. The van der Waals surface area contributed by atoms with Gasteiger partial charge in [0, 0.05) is 15.8 Å². The van der Waals surface area contributed by atoms with Gasteiger partial charge in [-0.25, -0.2) is 0 Å². The second-order valence-corrected chi connectivity index (χ2v) is 10.4. The normalized spacial score (nSPS) is 25.0. The van der Waals surface area contributed by atoms with Crippen LogP contribution in [-0.2, 0) is 11.2 Å². The zero-order valence-corrected chi connectivity index (χ0v) is 20.0. The first-order valence-electron chi connectivity index (χ1n) is 10.3. The van der Waals surface area contributed by atoms with Gasteiger partial charge in [-0.15, -0.1) is 0 Å². The molecule has 0 aromatic heterocycles. The molecule has 1 N–H and O–H groups in total. The maximum absolute atomic E-state index is 13.5. The molecule has 0 amide bonds. The van der Waals surface area contributed by atoms with Crippen molar-refractivity contribution in [3.63, 3.8) is 0 Å². The molecule has 1 saturated carbocycles. The number of allylic oxidation sites excluding steroid dienone is 2. The minimum absolute atomic E-state index is 0.0426. The Morgan fingerprint density at radius 3 is 2.60 bits per heavy atom. The van der Waals surface area contributed by atoms with Crippen molar-refractivity contribution in [2.24, 2.45) is 16.7 Å². The monoisotopic (exact) mass is 488 g/mol. The smallest absolute Gasteiger partial charge is 0.170 e. The Bertz CT molecular complexity index is 1070. The molecule has 4 rings (SSSR count). The molecule has 30 heavy (non-hydrogen) atoms. The molecule has 2 aliphatic carbocycles. The van der Waals surface area contributed by atoms with Crippen molar-refractivity contribution in [3.05, 3.63) is 62.8 Å². The van der Waals surface area contributed by atoms with E-state index in [1.54, 1.807) is 12.1 Å². The number of hydrogen-bond donors (Lipinski definition) is 1. The minimum atomic E-state index is -0.405. The average Bonchev–Trinajstić information content (AvgIpc) is 2.87. The number of aryl methyl sites for hydroxylation is 1. The topological polar surface area (TPSA) is 46.5 Å². The van der Waals surface area contributed by atoms with Crippen LogP contribution in [0.3, 0.4) is 0 Å². The molecule has 0 heterocycles. The Kier molecular flexibility index (Phi) is 5.31. The van der Waals surface area contributed by atoms with E-state index in [1.165, 1.54) is 0 Å². The van der Waals surface area contributed by atoms with Gasteiger partial charge in [-0.05, 0) is 66.1 Å². The maximum atomic E-state index is 13.5. The Labute approximate surface area is 191 Å². The van der Waals surface area contributed by atoms with E-state index < -0.39 is 5.41 Å². The highest BCUT2D eigenvalue weighted by atomic mass is 79.9. The molecule has 0 saturated heterocycles. The number of halogens is 2. The third-order valence-electron chi connectivity index (χ3n) is 7.40. The van der Waals surface area contributed by atoms with Crippen LogP contribution in [0.2, 0.25) is 5.02 Å². The van der Waals surface area contributed by atoms with Crippen molar-refractivity contribution >= 4 is 38.9 Å². The predicted octanol–water partition coefficient (Wildman–Crippen LogP) is 7.75. The zero-order chi connectivity index (χ0) is 21.8. The summed E-state index contributed by atoms with van der Waals surface area (Å²) >= 11 is 9.71. The molecule has 0 aliphatic heterocycles. The molecule has 2 aromatic carbocycles. The number of ketones is 1. The Morgan fingerprint density at radius 2 is 1.93 bits per heavy atom. The van der Waals surface area contributed by atoms with E-state index in [2.05, 4.69) is 43.6 Å². The Hall–Kier alpha value is -1.78. The van der Waals surface area contributed by atoms with Gasteiger partial charge in [0.25, 0.3) is 0 Å². The van der Waals surface area contributed by atoms with Gasteiger partial charge in [0.05, 0.1) is 10.6 Å². The molecule has 0 unspecified atom stereocenters. The minimum Gasteiger partial charge on any atom is -0.511 e. The number of hydrogen-bond acceptors (Lipinski definition) is 3. The number of rotatable bonds is 4. The summed E-state index contributed by atoms with van der Waals surface area (Å²) in [5.41, 5.74) is 1.57. The van der Waals surface area contributed by atoms with E-state index in [0.717, 1.165) is 34.9 Å². The number of carbonyl (C=O) groups is 1. The third-order valence-corrected chi connectivity index (χ3v) is 8.19. The highest BCUT2D eigenvalue weighted by molar-refractivity contribution is 9.10. The number of ether oxygens (including phenoxy) is 1. The molecule has 0 radical (unpaired) electrons. The Balaban J connectivity index is 1.82. The second kappa shape index (κ2) is 7.42. The number of aliphatic hydroxyl groups excluding tert-OH is 1. The third kappa shape index (κ3) is 3.11. The van der Waals surface area contributed by atoms with Crippen LogP contribution < -0.4 is 4.74 Å². The van der Waals surface area contributed by atoms with Gasteiger partial charge in [0.2, 0.25) is 0 Å². The summed E-state index contributed by atoms with van der Waals surface area (Å²) in [6.45, 7) is 8.34. The fraction of sp³-hybridized carbons (Fsp3) is 0.400. The van der Waals surface area contributed by atoms with E-state index >= 15 is 0 Å². The molecular formula is C25H26BrClO3. The molecule has 2 bridgehead atoms. The molecule has 1 fully saturated rings. The van der Waals surface area contributed by atoms with Crippen LogP contribution >= 0.6 is 27.5 Å². The SMILES string of the molecule is CCc1ccc(Oc2ccc(Br)cc2Cl)cc1C1=C(O)[C@@]2(C)CC[C@H](C1=O)C2(C)C. The highest BCUT2D eigenvalue weighted by Gasteiger charge is 2.61. The van der Waals surface area contributed by atoms with E-state index in [4.69, 9.17) is 16.3 Å². The number of carbonyl (C=O) groups excluding carboxylic acids is 1. The second-order valence-electron chi connectivity index (χ2n) is 9.08. The molecule has 0 spiro atoms. The first-order chi connectivity index (χ1) is 14.1. The van der Waals surface area contributed by atoms with Crippen LogP contribution in [-0.4, -0.2) is 10.9 Å².